The Bertz CT molecular complexity index is 967. The largest absolute Gasteiger partial charge is 0.508 e. The molecule has 0 atom stereocenters. The Morgan fingerprint density at radius 3 is 2.75 bits per heavy atom. The van der Waals surface area contributed by atoms with Crippen molar-refractivity contribution in [3.63, 3.8) is 0 Å². The Labute approximate surface area is 137 Å². The minimum Gasteiger partial charge on any atom is -0.508 e. The van der Waals surface area contributed by atoms with E-state index in [0.717, 1.165) is 5.56 Å². The van der Waals surface area contributed by atoms with E-state index in [4.69, 9.17) is 9.15 Å². The lowest BCUT2D eigenvalue weighted by atomic mass is 10.0. The monoisotopic (exact) mass is 327 g/mol. The Balaban J connectivity index is 1.95. The topological polar surface area (TPSA) is 81.7 Å². The van der Waals surface area contributed by atoms with Gasteiger partial charge in [-0.25, -0.2) is 9.59 Å². The molecule has 0 saturated carbocycles. The molecule has 0 aliphatic carbocycles. The van der Waals surface area contributed by atoms with Crippen LogP contribution in [-0.4, -0.2) is 15.6 Å². The fourth-order valence-electron chi connectivity index (χ4n) is 2.60. The zero-order valence-electron chi connectivity index (χ0n) is 13.4. The van der Waals surface area contributed by atoms with Crippen LogP contribution in [0.5, 0.6) is 5.75 Å². The fraction of sp³-hybridized carbons (Fsp3) is 0.222. The van der Waals surface area contributed by atoms with E-state index in [9.17, 15) is 14.7 Å². The normalized spacial score (nSPS) is 10.9. The maximum absolute atomic E-state index is 12.1. The van der Waals surface area contributed by atoms with Crippen molar-refractivity contribution in [2.75, 3.05) is 0 Å². The number of rotatable bonds is 4. The van der Waals surface area contributed by atoms with Crippen LogP contribution >= 0.6 is 0 Å². The molecule has 2 aromatic heterocycles. The molecular formula is C18H17NO5. The van der Waals surface area contributed by atoms with E-state index in [1.54, 1.807) is 36.0 Å². The maximum atomic E-state index is 12.1. The van der Waals surface area contributed by atoms with E-state index < -0.39 is 11.6 Å². The highest BCUT2D eigenvalue weighted by Crippen LogP contribution is 2.27. The molecule has 2 heterocycles. The van der Waals surface area contributed by atoms with Gasteiger partial charge in [-0.2, -0.15) is 0 Å². The van der Waals surface area contributed by atoms with Gasteiger partial charge in [0.15, 0.2) is 0 Å². The zero-order chi connectivity index (χ0) is 17.3. The van der Waals surface area contributed by atoms with Crippen LogP contribution in [0.2, 0.25) is 0 Å². The second-order valence-electron chi connectivity index (χ2n) is 5.50. The SMILES string of the molecule is CCc1cc2c(COC(=O)c3cccn3C)cc(=O)oc2cc1O. The molecule has 6 heteroatoms. The van der Waals surface area contributed by atoms with E-state index in [1.807, 2.05) is 6.92 Å². The number of ether oxygens (including phenoxy) is 1. The number of fused-ring (bicyclic) bond motifs is 1. The average Bonchev–Trinajstić information content (AvgIpc) is 2.97. The van der Waals surface area contributed by atoms with E-state index in [1.165, 1.54) is 12.1 Å². The third-order valence-corrected chi connectivity index (χ3v) is 3.92. The van der Waals surface area contributed by atoms with Crippen molar-refractivity contribution in [2.24, 2.45) is 7.05 Å². The van der Waals surface area contributed by atoms with Crippen LogP contribution in [0.3, 0.4) is 0 Å². The smallest absolute Gasteiger partial charge is 0.355 e. The lowest BCUT2D eigenvalue weighted by Crippen LogP contribution is -2.11. The van der Waals surface area contributed by atoms with Crippen molar-refractivity contribution in [3.8, 4) is 5.75 Å². The minimum absolute atomic E-state index is 0.0555. The summed E-state index contributed by atoms with van der Waals surface area (Å²) in [6.45, 7) is 1.86. The number of phenolic OH excluding ortho intramolecular Hbond substituents is 1. The number of hydrogen-bond acceptors (Lipinski definition) is 5. The van der Waals surface area contributed by atoms with Crippen molar-refractivity contribution in [2.45, 2.75) is 20.0 Å². The molecule has 0 radical (unpaired) electrons. The highest BCUT2D eigenvalue weighted by atomic mass is 16.5. The second-order valence-corrected chi connectivity index (χ2v) is 5.50. The molecule has 0 fully saturated rings. The molecule has 124 valence electrons. The summed E-state index contributed by atoms with van der Waals surface area (Å²) in [6, 6.07) is 7.88. The number of aromatic nitrogens is 1. The highest BCUT2D eigenvalue weighted by Gasteiger charge is 2.14. The van der Waals surface area contributed by atoms with Crippen LogP contribution in [0.1, 0.15) is 28.5 Å². The molecule has 3 rings (SSSR count). The molecule has 0 spiro atoms. The first-order valence-electron chi connectivity index (χ1n) is 7.56. The predicted octanol–water partition coefficient (Wildman–Crippen LogP) is 2.76. The summed E-state index contributed by atoms with van der Waals surface area (Å²) in [7, 11) is 1.75. The number of aryl methyl sites for hydroxylation is 2. The molecule has 24 heavy (non-hydrogen) atoms. The molecule has 0 aliphatic heterocycles. The standard InChI is InChI=1S/C18H17NO5/c1-3-11-7-13-12(8-17(21)24-16(13)9-15(11)20)10-23-18(22)14-5-4-6-19(14)2/h4-9,20H,3,10H2,1-2H3. The molecule has 0 unspecified atom stereocenters. The molecule has 0 aliphatic rings. The Morgan fingerprint density at radius 1 is 1.29 bits per heavy atom. The summed E-state index contributed by atoms with van der Waals surface area (Å²) in [5.74, 6) is -0.399. The van der Waals surface area contributed by atoms with Crippen LogP contribution in [-0.2, 0) is 24.8 Å². The number of nitrogens with zero attached hydrogens (tertiary/aromatic N) is 1. The summed E-state index contributed by atoms with van der Waals surface area (Å²) >= 11 is 0. The Hall–Kier alpha value is -3.02. The first-order valence-corrected chi connectivity index (χ1v) is 7.56. The summed E-state index contributed by atoms with van der Waals surface area (Å²) < 4.78 is 12.1. The van der Waals surface area contributed by atoms with Crippen LogP contribution in [0, 0.1) is 0 Å². The molecule has 0 saturated heterocycles. The van der Waals surface area contributed by atoms with Crippen molar-refractivity contribution < 1.29 is 19.1 Å². The van der Waals surface area contributed by atoms with Gasteiger partial charge in [-0.3, -0.25) is 0 Å². The summed E-state index contributed by atoms with van der Waals surface area (Å²) in [6.07, 6.45) is 2.38. The maximum Gasteiger partial charge on any atom is 0.355 e. The first kappa shape index (κ1) is 15.9. The number of benzene rings is 1. The number of carbonyl (C=O) groups is 1. The van der Waals surface area contributed by atoms with Gasteiger partial charge in [0.1, 0.15) is 23.6 Å². The fourth-order valence-corrected chi connectivity index (χ4v) is 2.60. The lowest BCUT2D eigenvalue weighted by Gasteiger charge is -2.10. The zero-order valence-corrected chi connectivity index (χ0v) is 13.4. The van der Waals surface area contributed by atoms with Gasteiger partial charge in [0.05, 0.1) is 0 Å². The molecule has 0 bridgehead atoms. The molecule has 1 N–H and O–H groups in total. The van der Waals surface area contributed by atoms with E-state index in [2.05, 4.69) is 0 Å². The van der Waals surface area contributed by atoms with E-state index in [0.29, 0.717) is 23.1 Å². The van der Waals surface area contributed by atoms with E-state index in [-0.39, 0.29) is 17.9 Å². The van der Waals surface area contributed by atoms with Gasteiger partial charge in [0.25, 0.3) is 0 Å². The van der Waals surface area contributed by atoms with Gasteiger partial charge >= 0.3 is 11.6 Å². The summed E-state index contributed by atoms with van der Waals surface area (Å²) in [5, 5.41) is 10.6. The third-order valence-electron chi connectivity index (χ3n) is 3.92. The molecule has 3 aromatic rings. The van der Waals surface area contributed by atoms with Gasteiger partial charge < -0.3 is 18.8 Å². The Kier molecular flexibility index (Phi) is 4.12. The number of hydrogen-bond donors (Lipinski definition) is 1. The molecule has 6 nitrogen and oxygen atoms in total. The highest BCUT2D eigenvalue weighted by molar-refractivity contribution is 5.88. The van der Waals surface area contributed by atoms with Crippen LogP contribution in [0.15, 0.2) is 45.7 Å². The van der Waals surface area contributed by atoms with Crippen molar-refractivity contribution in [1.29, 1.82) is 0 Å². The number of aromatic hydroxyl groups is 1. The second kappa shape index (κ2) is 6.23. The van der Waals surface area contributed by atoms with Gasteiger partial charge in [-0.1, -0.05) is 6.92 Å². The van der Waals surface area contributed by atoms with Gasteiger partial charge in [0, 0.05) is 36.3 Å². The van der Waals surface area contributed by atoms with Crippen LogP contribution < -0.4 is 5.63 Å². The molecule has 0 amide bonds. The molecular weight excluding hydrogens is 310 g/mol. The third kappa shape index (κ3) is 2.90. The number of esters is 1. The first-order chi connectivity index (χ1) is 11.5. The Morgan fingerprint density at radius 2 is 2.08 bits per heavy atom. The van der Waals surface area contributed by atoms with Gasteiger partial charge in [-0.15, -0.1) is 0 Å². The number of phenols is 1. The van der Waals surface area contributed by atoms with E-state index >= 15 is 0 Å². The molecule has 1 aromatic carbocycles. The van der Waals surface area contributed by atoms with Gasteiger partial charge in [-0.05, 0) is 30.2 Å². The number of carbonyl (C=O) groups excluding carboxylic acids is 1. The van der Waals surface area contributed by atoms with Crippen molar-refractivity contribution >= 4 is 16.9 Å². The minimum atomic E-state index is -0.559. The van der Waals surface area contributed by atoms with Crippen molar-refractivity contribution in [1.82, 2.24) is 4.57 Å². The summed E-state index contributed by atoms with van der Waals surface area (Å²) in [5.41, 5.74) is 1.40. The summed E-state index contributed by atoms with van der Waals surface area (Å²) in [4.78, 5) is 23.8. The quantitative estimate of drug-likeness (QED) is 0.588. The van der Waals surface area contributed by atoms with Crippen molar-refractivity contribution in [3.05, 3.63) is 63.8 Å². The van der Waals surface area contributed by atoms with Gasteiger partial charge in [0.2, 0.25) is 0 Å². The average molecular weight is 327 g/mol. The van der Waals surface area contributed by atoms with Crippen LogP contribution in [0.25, 0.3) is 11.0 Å². The lowest BCUT2D eigenvalue weighted by molar-refractivity contribution is 0.0462. The predicted molar refractivity (Wildman–Crippen MR) is 88.1 cm³/mol. The van der Waals surface area contributed by atoms with Crippen LogP contribution in [0.4, 0.5) is 0 Å².